The van der Waals surface area contributed by atoms with Gasteiger partial charge < -0.3 is 10.2 Å². The molecule has 0 saturated heterocycles. The summed E-state index contributed by atoms with van der Waals surface area (Å²) in [4.78, 5) is 30.6. The molecule has 0 aliphatic carbocycles. The van der Waals surface area contributed by atoms with Gasteiger partial charge in [-0.2, -0.15) is 0 Å². The second kappa shape index (κ2) is 14.6. The van der Waals surface area contributed by atoms with Gasteiger partial charge in [-0.1, -0.05) is 65.2 Å². The van der Waals surface area contributed by atoms with E-state index in [9.17, 15) is 9.59 Å². The average molecular weight is 396 g/mol. The van der Waals surface area contributed by atoms with E-state index in [1.165, 1.54) is 56.3 Å². The Morgan fingerprint density at radius 1 is 1.07 bits per heavy atom. The van der Waals surface area contributed by atoms with Gasteiger partial charge in [0.25, 0.3) is 0 Å². The predicted molar refractivity (Wildman–Crippen MR) is 114 cm³/mol. The lowest BCUT2D eigenvalue weighted by Crippen LogP contribution is -2.43. The number of aromatic nitrogens is 1. The summed E-state index contributed by atoms with van der Waals surface area (Å²) >= 11 is 1.38. The molecule has 0 saturated carbocycles. The van der Waals surface area contributed by atoms with Crippen molar-refractivity contribution in [3.8, 4) is 0 Å². The molecule has 27 heavy (non-hydrogen) atoms. The number of nitrogens with one attached hydrogen (secondary N) is 1. The summed E-state index contributed by atoms with van der Waals surface area (Å²) in [5.41, 5.74) is 0. The van der Waals surface area contributed by atoms with E-state index in [1.54, 1.807) is 11.1 Å². The van der Waals surface area contributed by atoms with Crippen molar-refractivity contribution in [1.29, 1.82) is 0 Å². The van der Waals surface area contributed by atoms with Gasteiger partial charge in [0.15, 0.2) is 5.13 Å². The van der Waals surface area contributed by atoms with Crippen molar-refractivity contribution in [3.63, 3.8) is 0 Å². The smallest absolute Gasteiger partial charge is 0.245 e. The summed E-state index contributed by atoms with van der Waals surface area (Å²) in [6, 6.07) is 0.0677. The number of hydrogen-bond acceptors (Lipinski definition) is 4. The van der Waals surface area contributed by atoms with Gasteiger partial charge in [0.2, 0.25) is 11.8 Å². The SMILES string of the molecule is CCCCCCCCCCCC(=O)N(CC(=O)Nc1nccs1)C(C)CC. The Balaban J connectivity index is 2.28. The standard InChI is InChI=1S/C21H37N3O2S/c1-4-6-7-8-9-10-11-12-13-14-20(26)24(18(3)5-2)17-19(25)23-21-22-15-16-27-21/h15-16,18H,4-14,17H2,1-3H3,(H,22,23,25). The van der Waals surface area contributed by atoms with Crippen LogP contribution >= 0.6 is 11.3 Å². The first kappa shape index (κ1) is 23.6. The summed E-state index contributed by atoms with van der Waals surface area (Å²) < 4.78 is 0. The molecular formula is C21H37N3O2S. The zero-order chi connectivity index (χ0) is 19.9. The molecule has 1 aromatic heterocycles. The van der Waals surface area contributed by atoms with Crippen molar-refractivity contribution in [2.45, 2.75) is 97.4 Å². The number of nitrogens with zero attached hydrogens (tertiary/aromatic N) is 2. The van der Waals surface area contributed by atoms with Gasteiger partial charge >= 0.3 is 0 Å². The molecule has 0 aromatic carbocycles. The molecule has 0 fully saturated rings. The first-order valence-corrected chi connectivity index (χ1v) is 11.4. The highest BCUT2D eigenvalue weighted by Gasteiger charge is 2.21. The summed E-state index contributed by atoms with van der Waals surface area (Å²) in [5.74, 6) is -0.0905. The van der Waals surface area contributed by atoms with Gasteiger partial charge in [0, 0.05) is 24.0 Å². The van der Waals surface area contributed by atoms with Crippen LogP contribution in [0.5, 0.6) is 0 Å². The van der Waals surface area contributed by atoms with Crippen molar-refractivity contribution in [2.75, 3.05) is 11.9 Å². The summed E-state index contributed by atoms with van der Waals surface area (Å²) in [7, 11) is 0. The monoisotopic (exact) mass is 395 g/mol. The third-order valence-electron chi connectivity index (χ3n) is 4.93. The van der Waals surface area contributed by atoms with Crippen LogP contribution in [0.3, 0.4) is 0 Å². The van der Waals surface area contributed by atoms with Crippen molar-refractivity contribution in [2.24, 2.45) is 0 Å². The van der Waals surface area contributed by atoms with E-state index in [-0.39, 0.29) is 24.4 Å². The molecule has 0 aliphatic rings. The van der Waals surface area contributed by atoms with Crippen LogP contribution in [0.25, 0.3) is 0 Å². The highest BCUT2D eigenvalue weighted by atomic mass is 32.1. The fraction of sp³-hybridized carbons (Fsp3) is 0.762. The first-order valence-electron chi connectivity index (χ1n) is 10.6. The van der Waals surface area contributed by atoms with E-state index in [2.05, 4.69) is 17.2 Å². The number of amides is 2. The lowest BCUT2D eigenvalue weighted by atomic mass is 10.1. The summed E-state index contributed by atoms with van der Waals surface area (Å²) in [5, 5.41) is 5.16. The normalized spacial score (nSPS) is 12.0. The summed E-state index contributed by atoms with van der Waals surface area (Å²) in [6.07, 6.45) is 14.1. The Morgan fingerprint density at radius 3 is 2.26 bits per heavy atom. The Hall–Kier alpha value is -1.43. The molecule has 1 heterocycles. The third kappa shape index (κ3) is 10.5. The highest BCUT2D eigenvalue weighted by molar-refractivity contribution is 7.13. The lowest BCUT2D eigenvalue weighted by Gasteiger charge is -2.28. The average Bonchev–Trinajstić information content (AvgIpc) is 3.16. The predicted octanol–water partition coefficient (Wildman–Crippen LogP) is 5.63. The van der Waals surface area contributed by atoms with Crippen LogP contribution in [0.2, 0.25) is 0 Å². The minimum atomic E-state index is -0.175. The maximum absolute atomic E-state index is 12.6. The zero-order valence-corrected chi connectivity index (χ0v) is 18.2. The number of unbranched alkanes of at least 4 members (excludes halogenated alkanes) is 8. The van der Waals surface area contributed by atoms with E-state index in [0.29, 0.717) is 11.6 Å². The van der Waals surface area contributed by atoms with Crippen LogP contribution < -0.4 is 5.32 Å². The van der Waals surface area contributed by atoms with Gasteiger partial charge in [-0.3, -0.25) is 9.59 Å². The Kier molecular flexibility index (Phi) is 12.8. The Morgan fingerprint density at radius 2 is 1.70 bits per heavy atom. The quantitative estimate of drug-likeness (QED) is 0.391. The Bertz CT molecular complexity index is 520. The van der Waals surface area contributed by atoms with Crippen LogP contribution in [0, 0.1) is 0 Å². The van der Waals surface area contributed by atoms with Crippen LogP contribution in [-0.4, -0.2) is 34.3 Å². The molecule has 1 N–H and O–H groups in total. The minimum absolute atomic E-state index is 0.0677. The van der Waals surface area contributed by atoms with Crippen LogP contribution in [0.1, 0.15) is 91.4 Å². The molecule has 5 nitrogen and oxygen atoms in total. The maximum atomic E-state index is 12.6. The molecule has 2 amide bonds. The van der Waals surface area contributed by atoms with E-state index in [4.69, 9.17) is 0 Å². The molecule has 0 spiro atoms. The first-order chi connectivity index (χ1) is 13.1. The second-order valence-corrected chi connectivity index (χ2v) is 8.14. The number of carbonyl (C=O) groups is 2. The lowest BCUT2D eigenvalue weighted by molar-refractivity contribution is -0.136. The van der Waals surface area contributed by atoms with E-state index in [0.717, 1.165) is 19.3 Å². The number of carbonyl (C=O) groups excluding carboxylic acids is 2. The van der Waals surface area contributed by atoms with Gasteiger partial charge in [-0.15, -0.1) is 11.3 Å². The molecule has 0 radical (unpaired) electrons. The second-order valence-electron chi connectivity index (χ2n) is 7.24. The van der Waals surface area contributed by atoms with Crippen LogP contribution in [0.15, 0.2) is 11.6 Å². The molecular weight excluding hydrogens is 358 g/mol. The summed E-state index contributed by atoms with van der Waals surface area (Å²) in [6.45, 7) is 6.39. The number of rotatable bonds is 15. The largest absolute Gasteiger partial charge is 0.331 e. The topological polar surface area (TPSA) is 62.3 Å². The van der Waals surface area contributed by atoms with E-state index >= 15 is 0 Å². The molecule has 1 rings (SSSR count). The van der Waals surface area contributed by atoms with Crippen molar-refractivity contribution < 1.29 is 9.59 Å². The maximum Gasteiger partial charge on any atom is 0.245 e. The fourth-order valence-corrected chi connectivity index (χ4v) is 3.58. The molecule has 154 valence electrons. The number of thiazole rings is 1. The highest BCUT2D eigenvalue weighted by Crippen LogP contribution is 2.14. The molecule has 1 unspecified atom stereocenters. The van der Waals surface area contributed by atoms with E-state index in [1.807, 2.05) is 19.2 Å². The van der Waals surface area contributed by atoms with Gasteiger partial charge in [0.05, 0.1) is 0 Å². The molecule has 0 aliphatic heterocycles. The molecule has 6 heteroatoms. The number of anilines is 1. The number of hydrogen-bond donors (Lipinski definition) is 1. The fourth-order valence-electron chi connectivity index (χ4n) is 3.04. The van der Waals surface area contributed by atoms with Crippen LogP contribution in [0.4, 0.5) is 5.13 Å². The van der Waals surface area contributed by atoms with Crippen molar-refractivity contribution in [1.82, 2.24) is 9.88 Å². The molecule has 0 bridgehead atoms. The van der Waals surface area contributed by atoms with E-state index < -0.39 is 0 Å². The minimum Gasteiger partial charge on any atom is -0.331 e. The van der Waals surface area contributed by atoms with Crippen LogP contribution in [-0.2, 0) is 9.59 Å². The Labute approximate surface area is 168 Å². The van der Waals surface area contributed by atoms with Gasteiger partial charge in [-0.05, 0) is 19.8 Å². The zero-order valence-electron chi connectivity index (χ0n) is 17.3. The van der Waals surface area contributed by atoms with Crippen molar-refractivity contribution >= 4 is 28.3 Å². The van der Waals surface area contributed by atoms with Gasteiger partial charge in [-0.25, -0.2) is 4.98 Å². The molecule has 1 aromatic rings. The van der Waals surface area contributed by atoms with Crippen molar-refractivity contribution in [3.05, 3.63) is 11.6 Å². The third-order valence-corrected chi connectivity index (χ3v) is 5.62. The van der Waals surface area contributed by atoms with Gasteiger partial charge in [0.1, 0.15) is 6.54 Å². The molecule has 1 atom stereocenters.